The first kappa shape index (κ1) is 8.12. The maximum atomic E-state index is 5.45. The SMILES string of the molecule is C=CC1=C(C=C)OCCCC1. The van der Waals surface area contributed by atoms with E-state index in [1.807, 2.05) is 6.08 Å². The standard InChI is InChI=1S/C10H14O/c1-3-9-7-5-6-8-11-10(9)4-2/h3-4H,1-2,5-8H2. The van der Waals surface area contributed by atoms with Gasteiger partial charge in [0.1, 0.15) is 5.76 Å². The maximum absolute atomic E-state index is 5.45. The molecule has 0 unspecified atom stereocenters. The van der Waals surface area contributed by atoms with Crippen molar-refractivity contribution in [1.29, 1.82) is 0 Å². The Morgan fingerprint density at radius 1 is 1.18 bits per heavy atom. The molecule has 60 valence electrons. The normalized spacial score (nSPS) is 18.5. The third-order valence-corrected chi connectivity index (χ3v) is 1.85. The summed E-state index contributed by atoms with van der Waals surface area (Å²) in [6.07, 6.45) is 7.03. The Kier molecular flexibility index (Phi) is 2.96. The lowest BCUT2D eigenvalue weighted by atomic mass is 10.1. The minimum atomic E-state index is 0.818. The number of allylic oxidation sites excluding steroid dienone is 3. The predicted octanol–water partition coefficient (Wildman–Crippen LogP) is 2.81. The molecule has 1 rings (SSSR count). The Labute approximate surface area is 68.1 Å². The maximum Gasteiger partial charge on any atom is 0.121 e. The molecule has 1 heteroatoms. The lowest BCUT2D eigenvalue weighted by Crippen LogP contribution is -1.90. The zero-order valence-electron chi connectivity index (χ0n) is 6.81. The molecule has 0 N–H and O–H groups in total. The molecule has 0 radical (unpaired) electrons. The van der Waals surface area contributed by atoms with E-state index in [2.05, 4.69) is 13.2 Å². The van der Waals surface area contributed by atoms with Crippen LogP contribution in [0.2, 0.25) is 0 Å². The summed E-state index contributed by atoms with van der Waals surface area (Å²) >= 11 is 0. The fourth-order valence-electron chi connectivity index (χ4n) is 1.21. The van der Waals surface area contributed by atoms with Gasteiger partial charge in [0.2, 0.25) is 0 Å². The summed E-state index contributed by atoms with van der Waals surface area (Å²) in [5.74, 6) is 0.914. The van der Waals surface area contributed by atoms with Crippen molar-refractivity contribution in [1.82, 2.24) is 0 Å². The highest BCUT2D eigenvalue weighted by Crippen LogP contribution is 2.19. The molecule has 0 spiro atoms. The first-order valence-corrected chi connectivity index (χ1v) is 3.99. The second-order valence-electron chi connectivity index (χ2n) is 2.60. The zero-order chi connectivity index (χ0) is 8.10. The van der Waals surface area contributed by atoms with E-state index in [0.717, 1.165) is 25.2 Å². The van der Waals surface area contributed by atoms with E-state index in [1.165, 1.54) is 12.0 Å². The largest absolute Gasteiger partial charge is 0.493 e. The van der Waals surface area contributed by atoms with Crippen molar-refractivity contribution in [3.05, 3.63) is 36.6 Å². The molecule has 0 aliphatic carbocycles. The highest BCUT2D eigenvalue weighted by atomic mass is 16.5. The molecular weight excluding hydrogens is 136 g/mol. The Morgan fingerprint density at radius 3 is 2.64 bits per heavy atom. The predicted molar refractivity (Wildman–Crippen MR) is 47.2 cm³/mol. The first-order valence-electron chi connectivity index (χ1n) is 3.99. The molecule has 0 saturated carbocycles. The van der Waals surface area contributed by atoms with Gasteiger partial charge in [-0.15, -0.1) is 0 Å². The van der Waals surface area contributed by atoms with Gasteiger partial charge in [-0.2, -0.15) is 0 Å². The minimum Gasteiger partial charge on any atom is -0.493 e. The molecule has 0 bridgehead atoms. The van der Waals surface area contributed by atoms with E-state index >= 15 is 0 Å². The molecule has 1 aliphatic heterocycles. The average Bonchev–Trinajstić information content (AvgIpc) is 2.27. The van der Waals surface area contributed by atoms with Crippen molar-refractivity contribution in [3.8, 4) is 0 Å². The van der Waals surface area contributed by atoms with Gasteiger partial charge in [-0.3, -0.25) is 0 Å². The molecule has 1 aliphatic rings. The number of hydrogen-bond donors (Lipinski definition) is 0. The summed E-state index contributed by atoms with van der Waals surface area (Å²) in [6, 6.07) is 0. The lowest BCUT2D eigenvalue weighted by Gasteiger charge is -2.04. The van der Waals surface area contributed by atoms with Crippen LogP contribution in [0.1, 0.15) is 19.3 Å². The van der Waals surface area contributed by atoms with Crippen LogP contribution in [-0.4, -0.2) is 6.61 Å². The number of hydrogen-bond acceptors (Lipinski definition) is 1. The van der Waals surface area contributed by atoms with Crippen LogP contribution in [0.25, 0.3) is 0 Å². The topological polar surface area (TPSA) is 9.23 Å². The summed E-state index contributed by atoms with van der Waals surface area (Å²) < 4.78 is 5.45. The van der Waals surface area contributed by atoms with Gasteiger partial charge >= 0.3 is 0 Å². The summed E-state index contributed by atoms with van der Waals surface area (Å²) in [5, 5.41) is 0. The molecule has 0 amide bonds. The van der Waals surface area contributed by atoms with Gasteiger partial charge in [-0.1, -0.05) is 19.2 Å². The zero-order valence-corrected chi connectivity index (χ0v) is 6.81. The van der Waals surface area contributed by atoms with Crippen LogP contribution in [0, 0.1) is 0 Å². The van der Waals surface area contributed by atoms with Crippen molar-refractivity contribution in [3.63, 3.8) is 0 Å². The molecule has 0 saturated heterocycles. The van der Waals surface area contributed by atoms with Crippen LogP contribution < -0.4 is 0 Å². The minimum absolute atomic E-state index is 0.818. The van der Waals surface area contributed by atoms with E-state index in [4.69, 9.17) is 4.74 Å². The third-order valence-electron chi connectivity index (χ3n) is 1.85. The van der Waals surface area contributed by atoms with Crippen LogP contribution in [-0.2, 0) is 4.74 Å². The lowest BCUT2D eigenvalue weighted by molar-refractivity contribution is 0.224. The second kappa shape index (κ2) is 4.02. The van der Waals surface area contributed by atoms with E-state index in [9.17, 15) is 0 Å². The Hall–Kier alpha value is -0.980. The quantitative estimate of drug-likeness (QED) is 0.588. The van der Waals surface area contributed by atoms with Gasteiger partial charge in [0.25, 0.3) is 0 Å². The summed E-state index contributed by atoms with van der Waals surface area (Å²) in [7, 11) is 0. The van der Waals surface area contributed by atoms with Crippen molar-refractivity contribution in [2.75, 3.05) is 6.61 Å². The van der Waals surface area contributed by atoms with E-state index in [1.54, 1.807) is 6.08 Å². The smallest absolute Gasteiger partial charge is 0.121 e. The van der Waals surface area contributed by atoms with Gasteiger partial charge in [-0.25, -0.2) is 0 Å². The third kappa shape index (κ3) is 1.97. The number of rotatable bonds is 2. The van der Waals surface area contributed by atoms with E-state index in [0.29, 0.717) is 0 Å². The molecule has 1 nitrogen and oxygen atoms in total. The second-order valence-corrected chi connectivity index (χ2v) is 2.60. The summed E-state index contributed by atoms with van der Waals surface area (Å²) in [6.45, 7) is 8.25. The highest BCUT2D eigenvalue weighted by molar-refractivity contribution is 5.27. The molecule has 1 heterocycles. The van der Waals surface area contributed by atoms with Crippen LogP contribution in [0.3, 0.4) is 0 Å². The van der Waals surface area contributed by atoms with Gasteiger partial charge in [0, 0.05) is 0 Å². The van der Waals surface area contributed by atoms with Crippen molar-refractivity contribution in [2.45, 2.75) is 19.3 Å². The Bertz CT molecular complexity index is 169. The summed E-state index contributed by atoms with van der Waals surface area (Å²) in [4.78, 5) is 0. The molecule has 0 aromatic rings. The van der Waals surface area contributed by atoms with Crippen LogP contribution in [0.15, 0.2) is 36.6 Å². The average molecular weight is 150 g/mol. The fraction of sp³-hybridized carbons (Fsp3) is 0.400. The Balaban J connectivity index is 2.79. The van der Waals surface area contributed by atoms with Gasteiger partial charge < -0.3 is 4.74 Å². The van der Waals surface area contributed by atoms with Crippen LogP contribution >= 0.6 is 0 Å². The molecule has 0 aromatic carbocycles. The van der Waals surface area contributed by atoms with Gasteiger partial charge in [0.05, 0.1) is 6.61 Å². The van der Waals surface area contributed by atoms with Gasteiger partial charge in [0.15, 0.2) is 0 Å². The molecule has 0 atom stereocenters. The monoisotopic (exact) mass is 150 g/mol. The highest BCUT2D eigenvalue weighted by Gasteiger charge is 2.05. The fourth-order valence-corrected chi connectivity index (χ4v) is 1.21. The molecule has 11 heavy (non-hydrogen) atoms. The first-order chi connectivity index (χ1) is 5.38. The van der Waals surface area contributed by atoms with Gasteiger partial charge in [-0.05, 0) is 30.9 Å². The van der Waals surface area contributed by atoms with Crippen LogP contribution in [0.4, 0.5) is 0 Å². The van der Waals surface area contributed by atoms with Crippen molar-refractivity contribution in [2.24, 2.45) is 0 Å². The number of ether oxygens (including phenoxy) is 1. The van der Waals surface area contributed by atoms with Crippen molar-refractivity contribution >= 4 is 0 Å². The van der Waals surface area contributed by atoms with Crippen molar-refractivity contribution < 1.29 is 4.74 Å². The summed E-state index contributed by atoms with van der Waals surface area (Å²) in [5.41, 5.74) is 1.19. The molecule has 0 aromatic heterocycles. The molecular formula is C10H14O. The van der Waals surface area contributed by atoms with E-state index < -0.39 is 0 Å². The van der Waals surface area contributed by atoms with Crippen LogP contribution in [0.5, 0.6) is 0 Å². The van der Waals surface area contributed by atoms with E-state index in [-0.39, 0.29) is 0 Å². The molecule has 0 fully saturated rings. The Morgan fingerprint density at radius 2 is 2.00 bits per heavy atom.